The second kappa shape index (κ2) is 8.87. The van der Waals surface area contributed by atoms with Crippen LogP contribution in [0.1, 0.15) is 15.9 Å². The van der Waals surface area contributed by atoms with Crippen LogP contribution in [0.5, 0.6) is 11.5 Å². The fourth-order valence-corrected chi connectivity index (χ4v) is 2.08. The van der Waals surface area contributed by atoms with Crippen LogP contribution in [-0.4, -0.2) is 20.1 Å². The molecule has 132 valence electrons. The van der Waals surface area contributed by atoms with E-state index in [0.717, 1.165) is 0 Å². The van der Waals surface area contributed by atoms with Crippen LogP contribution < -0.4 is 26.7 Å². The minimum atomic E-state index is -0.598. The van der Waals surface area contributed by atoms with Gasteiger partial charge in [0.15, 0.2) is 0 Å². The molecule has 7 nitrogen and oxygen atoms in total. The number of nitrogens with two attached hydrogens (primary N) is 3. The Bertz CT molecular complexity index is 835. The highest BCUT2D eigenvalue weighted by molar-refractivity contribution is 6.33. The summed E-state index contributed by atoms with van der Waals surface area (Å²) in [4.78, 5) is 10.9. The van der Waals surface area contributed by atoms with Gasteiger partial charge in [-0.15, -0.1) is 0 Å². The molecule has 0 fully saturated rings. The Kier molecular flexibility index (Phi) is 7.18. The minimum absolute atomic E-state index is 0.224. The molecule has 0 atom stereocenters. The minimum Gasteiger partial charge on any atom is -0.496 e. The van der Waals surface area contributed by atoms with Gasteiger partial charge in [0, 0.05) is 12.1 Å². The van der Waals surface area contributed by atoms with Crippen LogP contribution >= 0.6 is 23.2 Å². The second-order valence-electron chi connectivity index (χ2n) is 4.62. The van der Waals surface area contributed by atoms with Gasteiger partial charge in [-0.05, 0) is 12.1 Å². The maximum Gasteiger partial charge on any atom is 0.252 e. The van der Waals surface area contributed by atoms with Gasteiger partial charge in [-0.25, -0.2) is 0 Å². The number of carbonyl (C=O) groups excluding carboxylic acids is 1. The van der Waals surface area contributed by atoms with E-state index in [4.69, 9.17) is 55.1 Å². The molecule has 0 aliphatic carbocycles. The van der Waals surface area contributed by atoms with Crippen molar-refractivity contribution < 1.29 is 14.3 Å². The number of primary amides is 1. The van der Waals surface area contributed by atoms with E-state index in [-0.39, 0.29) is 10.6 Å². The number of nitrogen functional groups attached to an aromatic ring is 2. The summed E-state index contributed by atoms with van der Waals surface area (Å²) in [6.07, 6.45) is 0. The average molecular weight is 383 g/mol. The van der Waals surface area contributed by atoms with Crippen molar-refractivity contribution in [3.05, 3.63) is 45.4 Å². The molecule has 1 amide bonds. The number of anilines is 2. The average Bonchev–Trinajstić information content (AvgIpc) is 2.59. The molecule has 9 heteroatoms. The Morgan fingerprint density at radius 3 is 1.92 bits per heavy atom. The van der Waals surface area contributed by atoms with Gasteiger partial charge in [-0.2, -0.15) is 5.26 Å². The van der Waals surface area contributed by atoms with E-state index < -0.39 is 5.91 Å². The van der Waals surface area contributed by atoms with Crippen LogP contribution in [0.25, 0.3) is 0 Å². The molecule has 25 heavy (non-hydrogen) atoms. The molecule has 0 spiro atoms. The zero-order chi connectivity index (χ0) is 19.1. The van der Waals surface area contributed by atoms with Crippen molar-refractivity contribution in [2.45, 2.75) is 0 Å². The molecule has 0 aromatic heterocycles. The Balaban J connectivity index is 0.000000251. The highest BCUT2D eigenvalue weighted by atomic mass is 35.5. The number of rotatable bonds is 3. The third-order valence-electron chi connectivity index (χ3n) is 3.02. The number of nitriles is 1. The monoisotopic (exact) mass is 382 g/mol. The topological polar surface area (TPSA) is 137 Å². The highest BCUT2D eigenvalue weighted by Gasteiger charge is 2.11. The first-order valence-corrected chi connectivity index (χ1v) is 7.46. The largest absolute Gasteiger partial charge is 0.496 e. The first kappa shape index (κ1) is 20.2. The van der Waals surface area contributed by atoms with Gasteiger partial charge >= 0.3 is 0 Å². The Morgan fingerprint density at radius 2 is 1.48 bits per heavy atom. The Labute approximate surface area is 154 Å². The van der Waals surface area contributed by atoms with Gasteiger partial charge in [-0.3, -0.25) is 4.79 Å². The van der Waals surface area contributed by atoms with E-state index in [2.05, 4.69) is 0 Å². The molecule has 0 saturated carbocycles. The molecule has 0 unspecified atom stereocenters. The van der Waals surface area contributed by atoms with E-state index in [1.54, 1.807) is 0 Å². The lowest BCUT2D eigenvalue weighted by atomic mass is 10.1. The summed E-state index contributed by atoms with van der Waals surface area (Å²) >= 11 is 11.4. The van der Waals surface area contributed by atoms with Crippen molar-refractivity contribution >= 4 is 40.5 Å². The summed E-state index contributed by atoms with van der Waals surface area (Å²) in [7, 11) is 2.90. The third-order valence-corrected chi connectivity index (χ3v) is 3.68. The van der Waals surface area contributed by atoms with Gasteiger partial charge in [-0.1, -0.05) is 23.2 Å². The molecule has 0 aliphatic heterocycles. The molecule has 0 radical (unpaired) electrons. The lowest BCUT2D eigenvalue weighted by Gasteiger charge is -2.07. The zero-order valence-corrected chi connectivity index (χ0v) is 15.0. The Morgan fingerprint density at radius 1 is 1.00 bits per heavy atom. The molecule has 2 aromatic carbocycles. The molecule has 0 saturated heterocycles. The lowest BCUT2D eigenvalue weighted by molar-refractivity contribution is 0.0997. The number of carbonyl (C=O) groups is 1. The van der Waals surface area contributed by atoms with Gasteiger partial charge in [0.1, 0.15) is 17.6 Å². The fraction of sp³-hybridized carbons (Fsp3) is 0.125. The van der Waals surface area contributed by atoms with E-state index in [1.807, 2.05) is 6.07 Å². The molecule has 6 N–H and O–H groups in total. The van der Waals surface area contributed by atoms with Crippen LogP contribution in [0.15, 0.2) is 24.3 Å². The second-order valence-corrected chi connectivity index (χ2v) is 5.44. The van der Waals surface area contributed by atoms with Crippen molar-refractivity contribution in [3.63, 3.8) is 0 Å². The van der Waals surface area contributed by atoms with Crippen LogP contribution in [0.4, 0.5) is 11.4 Å². The van der Waals surface area contributed by atoms with Crippen LogP contribution in [-0.2, 0) is 0 Å². The predicted molar refractivity (Wildman–Crippen MR) is 98.1 cm³/mol. The lowest BCUT2D eigenvalue weighted by Crippen LogP contribution is -2.12. The maximum atomic E-state index is 10.9. The smallest absolute Gasteiger partial charge is 0.252 e. The standard InChI is InChI=1S/C8H9ClN2O2.C8H7ClN2O/c1-13-7-3-6(10)5(9)2-4(7)8(11)12;1-12-8-3-7(11)6(9)2-5(8)4-10/h2-3H,10H2,1H3,(H2,11,12);2-3H,11H2,1H3. The molecule has 0 bridgehead atoms. The first-order chi connectivity index (χ1) is 11.7. The summed E-state index contributed by atoms with van der Waals surface area (Å²) in [6.45, 7) is 0. The van der Waals surface area contributed by atoms with Gasteiger partial charge < -0.3 is 26.7 Å². The van der Waals surface area contributed by atoms with Crippen LogP contribution in [0, 0.1) is 11.3 Å². The summed E-state index contributed by atoms with van der Waals surface area (Å²) in [5.41, 5.74) is 17.5. The third kappa shape index (κ3) is 5.08. The van der Waals surface area contributed by atoms with Crippen molar-refractivity contribution in [2.75, 3.05) is 25.7 Å². The van der Waals surface area contributed by atoms with E-state index in [1.165, 1.54) is 38.5 Å². The van der Waals surface area contributed by atoms with E-state index in [0.29, 0.717) is 33.5 Å². The number of ether oxygens (including phenoxy) is 2. The first-order valence-electron chi connectivity index (χ1n) is 6.71. The summed E-state index contributed by atoms with van der Waals surface area (Å²) < 4.78 is 9.81. The van der Waals surface area contributed by atoms with Crippen molar-refractivity contribution in [1.82, 2.24) is 0 Å². The van der Waals surface area contributed by atoms with Crippen molar-refractivity contribution in [1.29, 1.82) is 5.26 Å². The Hall–Kier alpha value is -2.82. The molecule has 0 aliphatic rings. The maximum absolute atomic E-state index is 10.9. The van der Waals surface area contributed by atoms with Crippen LogP contribution in [0.2, 0.25) is 10.0 Å². The van der Waals surface area contributed by atoms with Gasteiger partial charge in [0.25, 0.3) is 5.91 Å². The van der Waals surface area contributed by atoms with Crippen molar-refractivity contribution in [3.8, 4) is 17.6 Å². The van der Waals surface area contributed by atoms with E-state index in [9.17, 15) is 4.79 Å². The van der Waals surface area contributed by atoms with Crippen molar-refractivity contribution in [2.24, 2.45) is 5.73 Å². The highest BCUT2D eigenvalue weighted by Crippen LogP contribution is 2.28. The zero-order valence-electron chi connectivity index (χ0n) is 13.5. The SMILES string of the molecule is COc1cc(N)c(Cl)cc1C#N.COc1cc(N)c(Cl)cc1C(N)=O. The number of nitrogens with zero attached hydrogens (tertiary/aromatic N) is 1. The number of benzene rings is 2. The number of halogens is 2. The van der Waals surface area contributed by atoms with E-state index >= 15 is 0 Å². The summed E-state index contributed by atoms with van der Waals surface area (Å²) in [5, 5.41) is 9.29. The fourth-order valence-electron chi connectivity index (χ4n) is 1.76. The number of hydrogen-bond donors (Lipinski definition) is 3. The number of hydrogen-bond acceptors (Lipinski definition) is 6. The normalized spacial score (nSPS) is 9.40. The number of amides is 1. The van der Waals surface area contributed by atoms with Gasteiger partial charge in [0.2, 0.25) is 0 Å². The van der Waals surface area contributed by atoms with Crippen LogP contribution in [0.3, 0.4) is 0 Å². The molecule has 0 heterocycles. The molecular weight excluding hydrogens is 367 g/mol. The predicted octanol–water partition coefficient (Wildman–Crippen LogP) is 2.83. The summed E-state index contributed by atoms with van der Waals surface area (Å²) in [5.74, 6) is 0.174. The summed E-state index contributed by atoms with van der Waals surface area (Å²) in [6, 6.07) is 7.81. The van der Waals surface area contributed by atoms with Gasteiger partial charge in [0.05, 0.1) is 46.8 Å². The molecular formula is C16H16Cl2N4O3. The number of methoxy groups -OCH3 is 2. The quantitative estimate of drug-likeness (QED) is 0.697. The molecule has 2 rings (SSSR count). The molecule has 2 aromatic rings.